The second-order valence-corrected chi connectivity index (χ2v) is 7.32. The molecule has 2 aliphatic rings. The summed E-state index contributed by atoms with van der Waals surface area (Å²) in [6.45, 7) is 10.1. The first kappa shape index (κ1) is 16.7. The zero-order valence-electron chi connectivity index (χ0n) is 14.0. The average molecular weight is 293 g/mol. The standard InChI is InChI=1S/C18H31NO2/c1-13(7-8-14(2)15(3)20)10-16-11-18(4,21)17-6-5-9-19(17)12-16/h8,10,13,15,17,20-21H,5-7,9,11-12H2,1-4H3/b14-8+,16-10-. The Morgan fingerprint density at radius 2 is 2.19 bits per heavy atom. The summed E-state index contributed by atoms with van der Waals surface area (Å²) in [7, 11) is 0. The van der Waals surface area contributed by atoms with Crippen molar-refractivity contribution in [2.75, 3.05) is 13.1 Å². The molecule has 0 aromatic rings. The Bertz CT molecular complexity index is 423. The molecule has 0 aliphatic carbocycles. The van der Waals surface area contributed by atoms with Crippen LogP contribution in [0.25, 0.3) is 0 Å². The maximum atomic E-state index is 10.7. The van der Waals surface area contributed by atoms with Crippen molar-refractivity contribution in [2.45, 2.75) is 71.1 Å². The molecule has 4 unspecified atom stereocenters. The summed E-state index contributed by atoms with van der Waals surface area (Å²) < 4.78 is 0. The molecule has 2 rings (SSSR count). The van der Waals surface area contributed by atoms with Crippen molar-refractivity contribution in [1.82, 2.24) is 4.90 Å². The minimum Gasteiger partial charge on any atom is -0.389 e. The molecule has 4 atom stereocenters. The fraction of sp³-hybridized carbons (Fsp3) is 0.778. The molecule has 120 valence electrons. The Morgan fingerprint density at radius 1 is 1.48 bits per heavy atom. The molecule has 0 aromatic carbocycles. The van der Waals surface area contributed by atoms with E-state index in [4.69, 9.17) is 0 Å². The maximum Gasteiger partial charge on any atom is 0.0811 e. The van der Waals surface area contributed by atoms with Crippen molar-refractivity contribution in [3.8, 4) is 0 Å². The number of fused-ring (bicyclic) bond motifs is 1. The van der Waals surface area contributed by atoms with Crippen molar-refractivity contribution in [1.29, 1.82) is 0 Å². The van der Waals surface area contributed by atoms with Crippen LogP contribution in [0.5, 0.6) is 0 Å². The van der Waals surface area contributed by atoms with Crippen LogP contribution in [0.1, 0.15) is 53.4 Å². The smallest absolute Gasteiger partial charge is 0.0811 e. The average Bonchev–Trinajstić information content (AvgIpc) is 2.84. The van der Waals surface area contributed by atoms with Crippen LogP contribution in [-0.4, -0.2) is 45.9 Å². The van der Waals surface area contributed by atoms with Crippen molar-refractivity contribution >= 4 is 0 Å². The summed E-state index contributed by atoms with van der Waals surface area (Å²) in [5.74, 6) is 0.448. The second kappa shape index (κ2) is 6.64. The molecule has 2 N–H and O–H groups in total. The predicted molar refractivity (Wildman–Crippen MR) is 87.1 cm³/mol. The molecule has 2 aliphatic heterocycles. The lowest BCUT2D eigenvalue weighted by molar-refractivity contribution is -0.0330. The van der Waals surface area contributed by atoms with E-state index in [9.17, 15) is 10.2 Å². The van der Waals surface area contributed by atoms with Gasteiger partial charge in [0.05, 0.1) is 11.7 Å². The molecule has 0 amide bonds. The summed E-state index contributed by atoms with van der Waals surface area (Å²) in [6, 6.07) is 0.349. The predicted octanol–water partition coefficient (Wildman–Crippen LogP) is 2.89. The normalized spacial score (nSPS) is 35.8. The van der Waals surface area contributed by atoms with Crippen LogP contribution in [0.2, 0.25) is 0 Å². The quantitative estimate of drug-likeness (QED) is 0.783. The van der Waals surface area contributed by atoms with Crippen LogP contribution in [0.4, 0.5) is 0 Å². The lowest BCUT2D eigenvalue weighted by Crippen LogP contribution is -2.52. The van der Waals surface area contributed by atoms with E-state index in [2.05, 4.69) is 24.0 Å². The van der Waals surface area contributed by atoms with Crippen molar-refractivity contribution in [2.24, 2.45) is 5.92 Å². The fourth-order valence-electron chi connectivity index (χ4n) is 3.74. The van der Waals surface area contributed by atoms with E-state index in [1.165, 1.54) is 12.0 Å². The molecule has 2 saturated heterocycles. The molecule has 2 heterocycles. The molecule has 0 bridgehead atoms. The SMILES string of the molecule is C/C(=C\CC(C)/C=C1\CN2CCCC2C(C)(O)C1)C(C)O. The molecule has 0 radical (unpaired) electrons. The van der Waals surface area contributed by atoms with Crippen molar-refractivity contribution in [3.63, 3.8) is 0 Å². The van der Waals surface area contributed by atoms with E-state index in [1.54, 1.807) is 6.92 Å². The van der Waals surface area contributed by atoms with Gasteiger partial charge in [-0.3, -0.25) is 4.90 Å². The van der Waals surface area contributed by atoms with Crippen molar-refractivity contribution < 1.29 is 10.2 Å². The Balaban J connectivity index is 1.99. The number of hydrogen-bond donors (Lipinski definition) is 2. The first-order chi connectivity index (χ1) is 9.79. The molecule has 0 spiro atoms. The molecule has 0 aromatic heterocycles. The van der Waals surface area contributed by atoms with E-state index in [0.717, 1.165) is 37.9 Å². The number of aliphatic hydroxyl groups is 2. The summed E-state index contributed by atoms with van der Waals surface area (Å²) in [5.41, 5.74) is 1.83. The van der Waals surface area contributed by atoms with Crippen LogP contribution in [0.3, 0.4) is 0 Å². The Labute approximate surface area is 129 Å². The van der Waals surface area contributed by atoms with E-state index in [0.29, 0.717) is 12.0 Å². The summed E-state index contributed by atoms with van der Waals surface area (Å²) in [5, 5.41) is 20.2. The molecule has 0 saturated carbocycles. The van der Waals surface area contributed by atoms with Crippen LogP contribution >= 0.6 is 0 Å². The minimum absolute atomic E-state index is 0.349. The van der Waals surface area contributed by atoms with Crippen LogP contribution in [0, 0.1) is 5.92 Å². The highest BCUT2D eigenvalue weighted by Gasteiger charge is 2.43. The number of rotatable bonds is 4. The van der Waals surface area contributed by atoms with E-state index < -0.39 is 5.60 Å². The summed E-state index contributed by atoms with van der Waals surface area (Å²) in [4.78, 5) is 2.44. The summed E-state index contributed by atoms with van der Waals surface area (Å²) >= 11 is 0. The molecule has 21 heavy (non-hydrogen) atoms. The third kappa shape index (κ3) is 4.18. The van der Waals surface area contributed by atoms with Gasteiger partial charge in [-0.2, -0.15) is 0 Å². The van der Waals surface area contributed by atoms with Gasteiger partial charge in [-0.1, -0.05) is 24.6 Å². The second-order valence-electron chi connectivity index (χ2n) is 7.32. The van der Waals surface area contributed by atoms with Gasteiger partial charge in [-0.25, -0.2) is 0 Å². The molecular weight excluding hydrogens is 262 g/mol. The first-order valence-electron chi connectivity index (χ1n) is 8.30. The van der Waals surface area contributed by atoms with Gasteiger partial charge in [0.15, 0.2) is 0 Å². The number of nitrogens with zero attached hydrogens (tertiary/aromatic N) is 1. The van der Waals surface area contributed by atoms with Gasteiger partial charge in [0.1, 0.15) is 0 Å². The first-order valence-corrected chi connectivity index (χ1v) is 8.30. The Hall–Kier alpha value is -0.640. The fourth-order valence-corrected chi connectivity index (χ4v) is 3.74. The van der Waals surface area contributed by atoms with Gasteiger partial charge in [0.25, 0.3) is 0 Å². The van der Waals surface area contributed by atoms with E-state index in [-0.39, 0.29) is 6.10 Å². The Kier molecular flexibility index (Phi) is 5.29. The van der Waals surface area contributed by atoms with Gasteiger partial charge in [-0.05, 0) is 64.5 Å². The largest absolute Gasteiger partial charge is 0.389 e. The third-order valence-corrected chi connectivity index (χ3v) is 5.06. The van der Waals surface area contributed by atoms with Gasteiger partial charge < -0.3 is 10.2 Å². The number of piperidine rings is 1. The minimum atomic E-state index is -0.578. The van der Waals surface area contributed by atoms with Gasteiger partial charge in [0.2, 0.25) is 0 Å². The van der Waals surface area contributed by atoms with Crippen LogP contribution < -0.4 is 0 Å². The monoisotopic (exact) mass is 293 g/mol. The number of hydrogen-bond acceptors (Lipinski definition) is 3. The molecule has 3 nitrogen and oxygen atoms in total. The Morgan fingerprint density at radius 3 is 2.86 bits per heavy atom. The molecular formula is C18H31NO2. The maximum absolute atomic E-state index is 10.7. The highest BCUT2D eigenvalue weighted by Crippen LogP contribution is 2.37. The van der Waals surface area contributed by atoms with Gasteiger partial charge in [-0.15, -0.1) is 0 Å². The molecule has 2 fully saturated rings. The number of aliphatic hydroxyl groups excluding tert-OH is 1. The van der Waals surface area contributed by atoms with Crippen LogP contribution in [0.15, 0.2) is 23.3 Å². The van der Waals surface area contributed by atoms with E-state index in [1.807, 2.05) is 13.8 Å². The summed E-state index contributed by atoms with van der Waals surface area (Å²) in [6.07, 6.45) is 8.20. The van der Waals surface area contributed by atoms with Gasteiger partial charge in [0, 0.05) is 12.6 Å². The van der Waals surface area contributed by atoms with Crippen LogP contribution in [-0.2, 0) is 0 Å². The highest BCUT2D eigenvalue weighted by atomic mass is 16.3. The van der Waals surface area contributed by atoms with Gasteiger partial charge >= 0.3 is 0 Å². The number of allylic oxidation sites excluding steroid dienone is 2. The highest BCUT2D eigenvalue weighted by molar-refractivity contribution is 5.18. The lowest BCUT2D eigenvalue weighted by atomic mass is 9.82. The molecule has 3 heteroatoms. The lowest BCUT2D eigenvalue weighted by Gasteiger charge is -2.43. The zero-order chi connectivity index (χ0) is 15.6. The van der Waals surface area contributed by atoms with E-state index >= 15 is 0 Å². The third-order valence-electron chi connectivity index (χ3n) is 5.06. The topological polar surface area (TPSA) is 43.7 Å². The van der Waals surface area contributed by atoms with Crippen molar-refractivity contribution in [3.05, 3.63) is 23.3 Å². The zero-order valence-corrected chi connectivity index (χ0v) is 14.0.